The predicted octanol–water partition coefficient (Wildman–Crippen LogP) is 1.10. The van der Waals surface area contributed by atoms with Crippen molar-refractivity contribution < 1.29 is 19.1 Å². The van der Waals surface area contributed by atoms with E-state index in [9.17, 15) is 14.4 Å². The molecule has 0 saturated carbocycles. The first-order chi connectivity index (χ1) is 11.1. The van der Waals surface area contributed by atoms with E-state index >= 15 is 0 Å². The molecule has 0 fully saturated rings. The van der Waals surface area contributed by atoms with Crippen molar-refractivity contribution in [2.24, 2.45) is 0 Å². The van der Waals surface area contributed by atoms with E-state index < -0.39 is 17.4 Å². The Morgan fingerprint density at radius 1 is 1.17 bits per heavy atom. The number of hydrogen-bond donors (Lipinski definition) is 2. The standard InChI is InChI=1S/C16H16N2O5/c1-22-13-6-5-10(8-12(13)16(21)23-2)9-18-15(20)11-4-3-7-17-14(11)19/h3-8H,9H2,1-2H3,(H,17,19)(H,18,20). The van der Waals surface area contributed by atoms with E-state index in [4.69, 9.17) is 9.47 Å². The van der Waals surface area contributed by atoms with Gasteiger partial charge in [-0.05, 0) is 29.8 Å². The lowest BCUT2D eigenvalue weighted by atomic mass is 10.1. The van der Waals surface area contributed by atoms with E-state index in [2.05, 4.69) is 10.3 Å². The number of esters is 1. The van der Waals surface area contributed by atoms with Crippen LogP contribution in [0.3, 0.4) is 0 Å². The van der Waals surface area contributed by atoms with Gasteiger partial charge in [-0.15, -0.1) is 0 Å². The van der Waals surface area contributed by atoms with Crippen LogP contribution in [-0.2, 0) is 11.3 Å². The van der Waals surface area contributed by atoms with Crippen molar-refractivity contribution in [2.45, 2.75) is 6.54 Å². The number of pyridine rings is 1. The van der Waals surface area contributed by atoms with Crippen LogP contribution < -0.4 is 15.6 Å². The van der Waals surface area contributed by atoms with Crippen LogP contribution in [0, 0.1) is 0 Å². The molecule has 1 amide bonds. The molecule has 1 heterocycles. The third kappa shape index (κ3) is 3.76. The normalized spacial score (nSPS) is 10.0. The van der Waals surface area contributed by atoms with Gasteiger partial charge in [0.15, 0.2) is 0 Å². The van der Waals surface area contributed by atoms with Crippen LogP contribution >= 0.6 is 0 Å². The maximum atomic E-state index is 12.0. The van der Waals surface area contributed by atoms with Crippen LogP contribution in [0.5, 0.6) is 5.75 Å². The molecule has 0 unspecified atom stereocenters. The minimum absolute atomic E-state index is 0.0224. The second-order valence-corrected chi connectivity index (χ2v) is 4.62. The fourth-order valence-electron chi connectivity index (χ4n) is 2.01. The van der Waals surface area contributed by atoms with Crippen molar-refractivity contribution in [1.29, 1.82) is 0 Å². The summed E-state index contributed by atoms with van der Waals surface area (Å²) < 4.78 is 9.79. The molecule has 7 heteroatoms. The summed E-state index contributed by atoms with van der Waals surface area (Å²) in [5.74, 6) is -0.650. The number of H-pyrrole nitrogens is 1. The zero-order chi connectivity index (χ0) is 16.8. The Bertz CT molecular complexity index is 782. The van der Waals surface area contributed by atoms with E-state index in [1.54, 1.807) is 24.3 Å². The predicted molar refractivity (Wildman–Crippen MR) is 82.6 cm³/mol. The molecule has 0 radical (unpaired) electrons. The van der Waals surface area contributed by atoms with Crippen LogP contribution in [0.4, 0.5) is 0 Å². The van der Waals surface area contributed by atoms with Crippen molar-refractivity contribution in [1.82, 2.24) is 10.3 Å². The van der Waals surface area contributed by atoms with Crippen molar-refractivity contribution in [3.8, 4) is 5.75 Å². The zero-order valence-corrected chi connectivity index (χ0v) is 12.7. The highest BCUT2D eigenvalue weighted by atomic mass is 16.5. The van der Waals surface area contributed by atoms with E-state index in [0.29, 0.717) is 11.3 Å². The van der Waals surface area contributed by atoms with Crippen LogP contribution in [0.1, 0.15) is 26.3 Å². The van der Waals surface area contributed by atoms with Crippen LogP contribution in [-0.4, -0.2) is 31.1 Å². The third-order valence-corrected chi connectivity index (χ3v) is 3.19. The van der Waals surface area contributed by atoms with Crippen LogP contribution in [0.25, 0.3) is 0 Å². The molecule has 1 aromatic heterocycles. The number of carbonyl (C=O) groups excluding carboxylic acids is 2. The molecule has 0 aliphatic heterocycles. The van der Waals surface area contributed by atoms with Gasteiger partial charge < -0.3 is 19.8 Å². The van der Waals surface area contributed by atoms with Gasteiger partial charge in [0.2, 0.25) is 0 Å². The number of benzene rings is 1. The van der Waals surface area contributed by atoms with Gasteiger partial charge >= 0.3 is 5.97 Å². The number of aromatic nitrogens is 1. The lowest BCUT2D eigenvalue weighted by molar-refractivity contribution is 0.0597. The van der Waals surface area contributed by atoms with Crippen molar-refractivity contribution in [3.63, 3.8) is 0 Å². The van der Waals surface area contributed by atoms with E-state index in [1.807, 2.05) is 0 Å². The van der Waals surface area contributed by atoms with Crippen molar-refractivity contribution >= 4 is 11.9 Å². The Morgan fingerprint density at radius 3 is 2.61 bits per heavy atom. The van der Waals surface area contributed by atoms with Crippen molar-refractivity contribution in [2.75, 3.05) is 14.2 Å². The van der Waals surface area contributed by atoms with Crippen LogP contribution in [0.15, 0.2) is 41.3 Å². The number of amides is 1. The molecule has 1 aromatic carbocycles. The highest BCUT2D eigenvalue weighted by molar-refractivity contribution is 5.94. The Balaban J connectivity index is 2.15. The van der Waals surface area contributed by atoms with Gasteiger partial charge in [-0.3, -0.25) is 9.59 Å². The van der Waals surface area contributed by atoms with Gasteiger partial charge in [0.05, 0.1) is 14.2 Å². The number of carbonyl (C=O) groups is 2. The third-order valence-electron chi connectivity index (χ3n) is 3.19. The number of methoxy groups -OCH3 is 2. The summed E-state index contributed by atoms with van der Waals surface area (Å²) >= 11 is 0. The summed E-state index contributed by atoms with van der Waals surface area (Å²) in [4.78, 5) is 37.7. The summed E-state index contributed by atoms with van der Waals surface area (Å²) in [6, 6.07) is 7.89. The lowest BCUT2D eigenvalue weighted by Gasteiger charge is -2.10. The molecule has 2 rings (SSSR count). The fourth-order valence-corrected chi connectivity index (χ4v) is 2.01. The maximum absolute atomic E-state index is 12.0. The van der Waals surface area contributed by atoms with Crippen LogP contribution in [0.2, 0.25) is 0 Å². The van der Waals surface area contributed by atoms with E-state index in [-0.39, 0.29) is 17.7 Å². The number of nitrogens with one attached hydrogen (secondary N) is 2. The molecule has 7 nitrogen and oxygen atoms in total. The summed E-state index contributed by atoms with van der Waals surface area (Å²) in [6.07, 6.45) is 1.45. The number of aromatic amines is 1. The lowest BCUT2D eigenvalue weighted by Crippen LogP contribution is -2.28. The first-order valence-electron chi connectivity index (χ1n) is 6.78. The molecule has 2 N–H and O–H groups in total. The fraction of sp³-hybridized carbons (Fsp3) is 0.188. The molecule has 0 saturated heterocycles. The molecule has 2 aromatic rings. The van der Waals surface area contributed by atoms with Gasteiger partial charge in [0.25, 0.3) is 11.5 Å². The summed E-state index contributed by atoms with van der Waals surface area (Å²) in [7, 11) is 2.73. The summed E-state index contributed by atoms with van der Waals surface area (Å²) in [5.41, 5.74) is 0.496. The van der Waals surface area contributed by atoms with E-state index in [0.717, 1.165) is 0 Å². The topological polar surface area (TPSA) is 97.5 Å². The minimum atomic E-state index is -0.533. The second kappa shape index (κ2) is 7.26. The van der Waals surface area contributed by atoms with Gasteiger partial charge in [0.1, 0.15) is 16.9 Å². The monoisotopic (exact) mass is 316 g/mol. The largest absolute Gasteiger partial charge is 0.496 e. The Hall–Kier alpha value is -3.09. The highest BCUT2D eigenvalue weighted by Crippen LogP contribution is 2.20. The zero-order valence-electron chi connectivity index (χ0n) is 12.7. The quantitative estimate of drug-likeness (QED) is 0.805. The smallest absolute Gasteiger partial charge is 0.341 e. The van der Waals surface area contributed by atoms with Gasteiger partial charge in [-0.1, -0.05) is 6.07 Å². The molecular formula is C16H16N2O5. The molecule has 23 heavy (non-hydrogen) atoms. The first-order valence-corrected chi connectivity index (χ1v) is 6.78. The number of rotatable bonds is 5. The van der Waals surface area contributed by atoms with E-state index in [1.165, 1.54) is 26.5 Å². The summed E-state index contributed by atoms with van der Waals surface area (Å²) in [6.45, 7) is 0.154. The average Bonchev–Trinajstić information content (AvgIpc) is 2.59. The average molecular weight is 316 g/mol. The van der Waals surface area contributed by atoms with Gasteiger partial charge in [0, 0.05) is 12.7 Å². The molecular weight excluding hydrogens is 300 g/mol. The van der Waals surface area contributed by atoms with Crippen molar-refractivity contribution in [3.05, 3.63) is 63.6 Å². The molecule has 0 aliphatic carbocycles. The Labute approximate surface area is 132 Å². The summed E-state index contributed by atoms with van der Waals surface area (Å²) in [5, 5.41) is 2.63. The molecule has 120 valence electrons. The van der Waals surface area contributed by atoms with Gasteiger partial charge in [-0.2, -0.15) is 0 Å². The Kier molecular flexibility index (Phi) is 5.14. The minimum Gasteiger partial charge on any atom is -0.496 e. The second-order valence-electron chi connectivity index (χ2n) is 4.62. The maximum Gasteiger partial charge on any atom is 0.341 e. The highest BCUT2D eigenvalue weighted by Gasteiger charge is 2.14. The molecule has 0 bridgehead atoms. The number of hydrogen-bond acceptors (Lipinski definition) is 5. The molecule has 0 atom stereocenters. The molecule has 0 spiro atoms. The first kappa shape index (κ1) is 16.3. The SMILES string of the molecule is COC(=O)c1cc(CNC(=O)c2ccc[nH]c2=O)ccc1OC. The van der Waals surface area contributed by atoms with Gasteiger partial charge in [-0.25, -0.2) is 4.79 Å². The number of ether oxygens (including phenoxy) is 2. The Morgan fingerprint density at radius 2 is 1.96 bits per heavy atom. The molecule has 0 aliphatic rings.